The summed E-state index contributed by atoms with van der Waals surface area (Å²) < 4.78 is 28.7. The highest BCUT2D eigenvalue weighted by atomic mass is 32.2. The fourth-order valence-corrected chi connectivity index (χ4v) is 5.34. The van der Waals surface area contributed by atoms with Gasteiger partial charge in [-0.15, -0.1) is 0 Å². The number of hydrogen-bond acceptors (Lipinski definition) is 4. The number of likely N-dealkylation sites (tertiary alicyclic amines) is 1. The van der Waals surface area contributed by atoms with Crippen molar-refractivity contribution >= 4 is 15.7 Å². The summed E-state index contributed by atoms with van der Waals surface area (Å²) in [6, 6.07) is 13.5. The van der Waals surface area contributed by atoms with Crippen molar-refractivity contribution in [1.29, 1.82) is 0 Å². The van der Waals surface area contributed by atoms with Crippen LogP contribution in [0.3, 0.4) is 0 Å². The van der Waals surface area contributed by atoms with Gasteiger partial charge in [-0.2, -0.15) is 0 Å². The summed E-state index contributed by atoms with van der Waals surface area (Å²) in [5.74, 6) is 0.386. The zero-order valence-corrected chi connectivity index (χ0v) is 18.7. The zero-order chi connectivity index (χ0) is 21.0. The maximum absolute atomic E-state index is 12.9. The molecular formula is C23H33N3O2S. The van der Waals surface area contributed by atoms with Gasteiger partial charge in [0, 0.05) is 18.3 Å². The number of nitrogens with one attached hydrogen (secondary N) is 2. The quantitative estimate of drug-likeness (QED) is 0.719. The third-order valence-electron chi connectivity index (χ3n) is 6.05. The van der Waals surface area contributed by atoms with Gasteiger partial charge < -0.3 is 10.2 Å². The molecule has 1 saturated heterocycles. The van der Waals surface area contributed by atoms with Gasteiger partial charge in [0.2, 0.25) is 10.0 Å². The molecule has 0 bridgehead atoms. The molecule has 6 heteroatoms. The number of piperidine rings is 1. The monoisotopic (exact) mass is 415 g/mol. The van der Waals surface area contributed by atoms with Crippen molar-refractivity contribution in [1.82, 2.24) is 9.62 Å². The molecule has 1 unspecified atom stereocenters. The van der Waals surface area contributed by atoms with Gasteiger partial charge in [-0.25, -0.2) is 13.1 Å². The lowest BCUT2D eigenvalue weighted by atomic mass is 9.91. The van der Waals surface area contributed by atoms with Crippen molar-refractivity contribution in [2.45, 2.75) is 51.1 Å². The average molecular weight is 416 g/mol. The highest BCUT2D eigenvalue weighted by Gasteiger charge is 2.26. The maximum Gasteiger partial charge on any atom is 0.240 e. The van der Waals surface area contributed by atoms with E-state index in [1.807, 2.05) is 32.0 Å². The molecule has 5 nitrogen and oxygen atoms in total. The van der Waals surface area contributed by atoms with Gasteiger partial charge in [-0.3, -0.25) is 0 Å². The first-order valence-electron chi connectivity index (χ1n) is 10.4. The number of nitrogens with zero attached hydrogens (tertiary/aromatic N) is 1. The minimum absolute atomic E-state index is 0.0622. The average Bonchev–Trinajstić information content (AvgIpc) is 2.68. The van der Waals surface area contributed by atoms with E-state index >= 15 is 0 Å². The molecule has 2 N–H and O–H groups in total. The van der Waals surface area contributed by atoms with Crippen molar-refractivity contribution in [3.05, 3.63) is 59.2 Å². The minimum Gasteiger partial charge on any atom is -0.381 e. The molecule has 29 heavy (non-hydrogen) atoms. The highest BCUT2D eigenvalue weighted by molar-refractivity contribution is 7.89. The Kier molecular flexibility index (Phi) is 6.98. The Balaban J connectivity index is 1.65. The van der Waals surface area contributed by atoms with E-state index in [1.54, 1.807) is 12.1 Å². The van der Waals surface area contributed by atoms with E-state index in [0.29, 0.717) is 17.4 Å². The van der Waals surface area contributed by atoms with Crippen LogP contribution in [0.2, 0.25) is 0 Å². The summed E-state index contributed by atoms with van der Waals surface area (Å²) in [6.07, 6.45) is 2.06. The molecule has 0 amide bonds. The molecule has 158 valence electrons. The van der Waals surface area contributed by atoms with Gasteiger partial charge in [0.25, 0.3) is 0 Å². The minimum atomic E-state index is -3.53. The first kappa shape index (κ1) is 21.8. The van der Waals surface area contributed by atoms with E-state index in [1.165, 1.54) is 11.1 Å². The first-order chi connectivity index (χ1) is 13.8. The van der Waals surface area contributed by atoms with Crippen molar-refractivity contribution in [2.24, 2.45) is 5.92 Å². The molecular weight excluding hydrogens is 382 g/mol. The van der Waals surface area contributed by atoms with Gasteiger partial charge in [0.15, 0.2) is 0 Å². The van der Waals surface area contributed by atoms with E-state index in [0.717, 1.165) is 37.2 Å². The Morgan fingerprint density at radius 2 is 1.76 bits per heavy atom. The SMILES string of the molecule is Cc1ccccc1CNc1ccc(S(=O)(=O)NC(C)C2CCN(C)CC2)cc1C. The predicted octanol–water partition coefficient (Wildman–Crippen LogP) is 3.92. The Bertz CT molecular complexity index is 935. The van der Waals surface area contributed by atoms with Crippen LogP contribution in [0.1, 0.15) is 36.5 Å². The summed E-state index contributed by atoms with van der Waals surface area (Å²) in [4.78, 5) is 2.63. The smallest absolute Gasteiger partial charge is 0.240 e. The number of aryl methyl sites for hydroxylation is 2. The van der Waals surface area contributed by atoms with Crippen LogP contribution in [0.25, 0.3) is 0 Å². The second-order valence-corrected chi connectivity index (χ2v) is 10.0. The van der Waals surface area contributed by atoms with E-state index < -0.39 is 10.0 Å². The van der Waals surface area contributed by atoms with E-state index in [9.17, 15) is 8.42 Å². The van der Waals surface area contributed by atoms with Crippen molar-refractivity contribution in [3.8, 4) is 0 Å². The summed E-state index contributed by atoms with van der Waals surface area (Å²) in [5.41, 5.74) is 4.35. The third kappa shape index (κ3) is 5.59. The number of benzene rings is 2. The fourth-order valence-electron chi connectivity index (χ4n) is 3.94. The van der Waals surface area contributed by atoms with Gasteiger partial charge >= 0.3 is 0 Å². The lowest BCUT2D eigenvalue weighted by molar-refractivity contribution is 0.198. The van der Waals surface area contributed by atoms with Crippen LogP contribution in [0, 0.1) is 19.8 Å². The number of anilines is 1. The third-order valence-corrected chi connectivity index (χ3v) is 7.61. The number of hydrogen-bond donors (Lipinski definition) is 2. The lowest BCUT2D eigenvalue weighted by Crippen LogP contribution is -2.42. The molecule has 1 heterocycles. The Hall–Kier alpha value is -1.89. The normalized spacial score (nSPS) is 17.2. The number of sulfonamides is 1. The molecule has 1 fully saturated rings. The van der Waals surface area contributed by atoms with Gasteiger partial charge in [0.1, 0.15) is 0 Å². The Morgan fingerprint density at radius 3 is 2.41 bits per heavy atom. The van der Waals surface area contributed by atoms with Gasteiger partial charge in [0.05, 0.1) is 4.90 Å². The van der Waals surface area contributed by atoms with Gasteiger partial charge in [-0.1, -0.05) is 24.3 Å². The largest absolute Gasteiger partial charge is 0.381 e. The topological polar surface area (TPSA) is 61.4 Å². The van der Waals surface area contributed by atoms with Crippen LogP contribution in [0.4, 0.5) is 5.69 Å². The zero-order valence-electron chi connectivity index (χ0n) is 17.9. The standard InChI is InChI=1S/C23H33N3O2S/c1-17-7-5-6-8-21(17)16-24-23-10-9-22(15-18(23)2)29(27,28)25-19(3)20-11-13-26(4)14-12-20/h5-10,15,19-20,24-25H,11-14,16H2,1-4H3. The molecule has 2 aromatic rings. The molecule has 3 rings (SSSR count). The van der Waals surface area contributed by atoms with Crippen molar-refractivity contribution in [2.75, 3.05) is 25.5 Å². The van der Waals surface area contributed by atoms with E-state index in [4.69, 9.17) is 0 Å². The summed E-state index contributed by atoms with van der Waals surface area (Å²) in [7, 11) is -1.41. The van der Waals surface area contributed by atoms with Crippen LogP contribution < -0.4 is 10.0 Å². The van der Waals surface area contributed by atoms with Crippen molar-refractivity contribution < 1.29 is 8.42 Å². The van der Waals surface area contributed by atoms with E-state index in [-0.39, 0.29) is 6.04 Å². The van der Waals surface area contributed by atoms with Gasteiger partial charge in [-0.05, 0) is 94.6 Å². The number of rotatable bonds is 7. The molecule has 1 aliphatic heterocycles. The molecule has 0 aliphatic carbocycles. The first-order valence-corrected chi connectivity index (χ1v) is 11.8. The fraction of sp³-hybridized carbons (Fsp3) is 0.478. The lowest BCUT2D eigenvalue weighted by Gasteiger charge is -2.32. The van der Waals surface area contributed by atoms with Crippen LogP contribution in [-0.2, 0) is 16.6 Å². The molecule has 0 spiro atoms. The van der Waals surface area contributed by atoms with Crippen molar-refractivity contribution in [3.63, 3.8) is 0 Å². The summed E-state index contributed by atoms with van der Waals surface area (Å²) >= 11 is 0. The Morgan fingerprint density at radius 1 is 1.07 bits per heavy atom. The molecule has 0 radical (unpaired) electrons. The molecule has 2 aromatic carbocycles. The van der Waals surface area contributed by atoms with Crippen LogP contribution in [0.5, 0.6) is 0 Å². The predicted molar refractivity (Wildman–Crippen MR) is 120 cm³/mol. The maximum atomic E-state index is 12.9. The summed E-state index contributed by atoms with van der Waals surface area (Å²) in [6.45, 7) is 8.79. The molecule has 1 atom stereocenters. The molecule has 1 aliphatic rings. The van der Waals surface area contributed by atoms with Crippen LogP contribution >= 0.6 is 0 Å². The highest BCUT2D eigenvalue weighted by Crippen LogP contribution is 2.24. The Labute approximate surface area is 175 Å². The molecule has 0 aromatic heterocycles. The second kappa shape index (κ2) is 9.28. The van der Waals surface area contributed by atoms with Crippen LogP contribution in [0.15, 0.2) is 47.4 Å². The van der Waals surface area contributed by atoms with Crippen LogP contribution in [-0.4, -0.2) is 39.5 Å². The summed E-state index contributed by atoms with van der Waals surface area (Å²) in [5, 5.41) is 3.43. The van der Waals surface area contributed by atoms with E-state index in [2.05, 4.69) is 41.0 Å². The molecule has 0 saturated carbocycles. The second-order valence-electron chi connectivity index (χ2n) is 8.31.